The van der Waals surface area contributed by atoms with Crippen molar-refractivity contribution >= 4 is 27.6 Å². The summed E-state index contributed by atoms with van der Waals surface area (Å²) in [5.74, 6) is 0. The van der Waals surface area contributed by atoms with E-state index in [1.165, 1.54) is 0 Å². The number of pyridine rings is 1. The van der Waals surface area contributed by atoms with Gasteiger partial charge in [-0.1, -0.05) is 18.2 Å². The summed E-state index contributed by atoms with van der Waals surface area (Å²) in [6, 6.07) is 13.7. The number of hydrogen-bond donors (Lipinski definition) is 1. The van der Waals surface area contributed by atoms with Gasteiger partial charge >= 0.3 is 6.03 Å². The normalized spacial score (nSPS) is 10.7. The Morgan fingerprint density at radius 3 is 2.83 bits per heavy atom. The molecule has 0 bridgehead atoms. The van der Waals surface area contributed by atoms with Gasteiger partial charge in [0.25, 0.3) is 0 Å². The average Bonchev–Trinajstić information content (AvgIpc) is 2.98. The molecule has 0 saturated heterocycles. The van der Waals surface area contributed by atoms with Gasteiger partial charge in [0.05, 0.1) is 16.8 Å². The van der Waals surface area contributed by atoms with Crippen molar-refractivity contribution in [2.45, 2.75) is 13.0 Å². The van der Waals surface area contributed by atoms with Crippen molar-refractivity contribution in [1.29, 1.82) is 0 Å². The molecule has 23 heavy (non-hydrogen) atoms. The molecule has 0 radical (unpaired) electrons. The van der Waals surface area contributed by atoms with Crippen LogP contribution in [0, 0.1) is 0 Å². The molecule has 0 unspecified atom stereocenters. The van der Waals surface area contributed by atoms with Crippen molar-refractivity contribution in [2.24, 2.45) is 0 Å². The highest BCUT2D eigenvalue weighted by molar-refractivity contribution is 7.18. The molecule has 0 aliphatic carbocycles. The Balaban J connectivity index is 1.51. The van der Waals surface area contributed by atoms with E-state index in [9.17, 15) is 4.79 Å². The molecule has 0 fully saturated rings. The SMILES string of the molecule is CN(Cc1nc2ccccc2s1)C(=O)NCCc1ccccn1. The quantitative estimate of drug-likeness (QED) is 0.784. The molecular formula is C17H18N4OS. The van der Waals surface area contributed by atoms with Crippen LogP contribution in [0.15, 0.2) is 48.7 Å². The first-order chi connectivity index (χ1) is 11.2. The molecular weight excluding hydrogens is 308 g/mol. The number of amides is 2. The van der Waals surface area contributed by atoms with E-state index >= 15 is 0 Å². The number of nitrogens with one attached hydrogen (secondary N) is 1. The van der Waals surface area contributed by atoms with Crippen LogP contribution in [0.5, 0.6) is 0 Å². The molecule has 5 nitrogen and oxygen atoms in total. The number of rotatable bonds is 5. The van der Waals surface area contributed by atoms with Gasteiger partial charge in [0, 0.05) is 31.9 Å². The molecule has 2 aromatic heterocycles. The number of thiazole rings is 1. The second kappa shape index (κ2) is 7.19. The highest BCUT2D eigenvalue weighted by atomic mass is 32.1. The number of carbonyl (C=O) groups is 1. The molecule has 0 aliphatic heterocycles. The fourth-order valence-corrected chi connectivity index (χ4v) is 3.26. The van der Waals surface area contributed by atoms with E-state index in [-0.39, 0.29) is 6.03 Å². The molecule has 3 rings (SSSR count). The average molecular weight is 326 g/mol. The summed E-state index contributed by atoms with van der Waals surface area (Å²) < 4.78 is 1.14. The van der Waals surface area contributed by atoms with Crippen LogP contribution in [-0.4, -0.2) is 34.5 Å². The lowest BCUT2D eigenvalue weighted by Gasteiger charge is -2.16. The summed E-state index contributed by atoms with van der Waals surface area (Å²) in [6.45, 7) is 1.08. The van der Waals surface area contributed by atoms with E-state index in [2.05, 4.69) is 15.3 Å². The highest BCUT2D eigenvalue weighted by Gasteiger charge is 2.11. The first-order valence-electron chi connectivity index (χ1n) is 7.46. The minimum atomic E-state index is -0.0970. The Morgan fingerprint density at radius 1 is 1.22 bits per heavy atom. The Hall–Kier alpha value is -2.47. The lowest BCUT2D eigenvalue weighted by atomic mass is 10.3. The number of fused-ring (bicyclic) bond motifs is 1. The molecule has 1 aromatic carbocycles. The van der Waals surface area contributed by atoms with E-state index < -0.39 is 0 Å². The number of urea groups is 1. The number of carbonyl (C=O) groups excluding carboxylic acids is 1. The van der Waals surface area contributed by atoms with Gasteiger partial charge < -0.3 is 10.2 Å². The van der Waals surface area contributed by atoms with Crippen LogP contribution in [-0.2, 0) is 13.0 Å². The van der Waals surface area contributed by atoms with Crippen molar-refractivity contribution in [1.82, 2.24) is 20.2 Å². The molecule has 118 valence electrons. The fraction of sp³-hybridized carbons (Fsp3) is 0.235. The second-order valence-electron chi connectivity index (χ2n) is 5.23. The van der Waals surface area contributed by atoms with E-state index in [1.807, 2.05) is 42.5 Å². The molecule has 6 heteroatoms. The van der Waals surface area contributed by atoms with Crippen LogP contribution >= 0.6 is 11.3 Å². The van der Waals surface area contributed by atoms with E-state index in [1.54, 1.807) is 29.5 Å². The van der Waals surface area contributed by atoms with Crippen LogP contribution < -0.4 is 5.32 Å². The largest absolute Gasteiger partial charge is 0.338 e. The van der Waals surface area contributed by atoms with E-state index in [0.29, 0.717) is 13.1 Å². The zero-order valence-electron chi connectivity index (χ0n) is 12.9. The van der Waals surface area contributed by atoms with Gasteiger partial charge in [-0.25, -0.2) is 9.78 Å². The Kier molecular flexibility index (Phi) is 4.83. The zero-order chi connectivity index (χ0) is 16.1. The molecule has 0 aliphatic rings. The predicted octanol–water partition coefficient (Wildman–Crippen LogP) is 3.08. The van der Waals surface area contributed by atoms with Crippen LogP contribution in [0.2, 0.25) is 0 Å². The maximum atomic E-state index is 12.1. The van der Waals surface area contributed by atoms with Gasteiger partial charge in [-0.3, -0.25) is 4.98 Å². The lowest BCUT2D eigenvalue weighted by molar-refractivity contribution is 0.207. The van der Waals surface area contributed by atoms with Gasteiger partial charge in [-0.2, -0.15) is 0 Å². The van der Waals surface area contributed by atoms with E-state index in [0.717, 1.165) is 27.3 Å². The van der Waals surface area contributed by atoms with Gasteiger partial charge in [0.2, 0.25) is 0 Å². The van der Waals surface area contributed by atoms with Gasteiger partial charge in [0.15, 0.2) is 0 Å². The van der Waals surface area contributed by atoms with Crippen LogP contribution in [0.4, 0.5) is 4.79 Å². The second-order valence-corrected chi connectivity index (χ2v) is 6.35. The maximum Gasteiger partial charge on any atom is 0.317 e. The Morgan fingerprint density at radius 2 is 2.04 bits per heavy atom. The molecule has 2 amide bonds. The summed E-state index contributed by atoms with van der Waals surface area (Å²) in [4.78, 5) is 22.6. The summed E-state index contributed by atoms with van der Waals surface area (Å²) >= 11 is 1.62. The number of nitrogens with zero attached hydrogens (tertiary/aromatic N) is 3. The standard InChI is InChI=1S/C17H18N4OS/c1-21(12-16-20-14-7-2-3-8-15(14)23-16)17(22)19-11-9-13-6-4-5-10-18-13/h2-8,10H,9,11-12H2,1H3,(H,19,22). The molecule has 3 aromatic rings. The number of para-hydroxylation sites is 1. The minimum Gasteiger partial charge on any atom is -0.338 e. The number of benzene rings is 1. The van der Waals surface area contributed by atoms with Gasteiger partial charge in [-0.15, -0.1) is 11.3 Å². The predicted molar refractivity (Wildman–Crippen MR) is 92.4 cm³/mol. The molecule has 0 spiro atoms. The topological polar surface area (TPSA) is 58.1 Å². The zero-order valence-corrected chi connectivity index (χ0v) is 13.7. The summed E-state index contributed by atoms with van der Waals surface area (Å²) in [5.41, 5.74) is 1.96. The number of aromatic nitrogens is 2. The Bertz CT molecular complexity index is 754. The molecule has 0 saturated carbocycles. The minimum absolute atomic E-state index is 0.0970. The monoisotopic (exact) mass is 326 g/mol. The maximum absolute atomic E-state index is 12.1. The van der Waals surface area contributed by atoms with Crippen molar-refractivity contribution < 1.29 is 4.79 Å². The molecule has 2 heterocycles. The van der Waals surface area contributed by atoms with Gasteiger partial charge in [0.1, 0.15) is 5.01 Å². The number of hydrogen-bond acceptors (Lipinski definition) is 4. The summed E-state index contributed by atoms with van der Waals surface area (Å²) in [6.07, 6.45) is 2.48. The van der Waals surface area contributed by atoms with E-state index in [4.69, 9.17) is 0 Å². The van der Waals surface area contributed by atoms with Crippen LogP contribution in [0.1, 0.15) is 10.7 Å². The lowest BCUT2D eigenvalue weighted by Crippen LogP contribution is -2.37. The Labute approximate surface area is 139 Å². The van der Waals surface area contributed by atoms with Crippen molar-refractivity contribution in [2.75, 3.05) is 13.6 Å². The first kappa shape index (κ1) is 15.4. The van der Waals surface area contributed by atoms with Crippen molar-refractivity contribution in [3.8, 4) is 0 Å². The summed E-state index contributed by atoms with van der Waals surface area (Å²) in [5, 5.41) is 3.85. The third kappa shape index (κ3) is 4.04. The first-order valence-corrected chi connectivity index (χ1v) is 8.27. The third-order valence-electron chi connectivity index (χ3n) is 3.44. The molecule has 1 N–H and O–H groups in total. The van der Waals surface area contributed by atoms with Gasteiger partial charge in [-0.05, 0) is 24.3 Å². The highest BCUT2D eigenvalue weighted by Crippen LogP contribution is 2.22. The van der Waals surface area contributed by atoms with Crippen LogP contribution in [0.25, 0.3) is 10.2 Å². The smallest absolute Gasteiger partial charge is 0.317 e. The van der Waals surface area contributed by atoms with Crippen molar-refractivity contribution in [3.05, 3.63) is 59.4 Å². The van der Waals surface area contributed by atoms with Crippen LogP contribution in [0.3, 0.4) is 0 Å². The summed E-state index contributed by atoms with van der Waals surface area (Å²) in [7, 11) is 1.78. The fourth-order valence-electron chi connectivity index (χ4n) is 2.24. The molecule has 0 atom stereocenters. The van der Waals surface area contributed by atoms with Crippen molar-refractivity contribution in [3.63, 3.8) is 0 Å². The third-order valence-corrected chi connectivity index (χ3v) is 4.46.